The van der Waals surface area contributed by atoms with Crippen LogP contribution < -0.4 is 5.73 Å². The van der Waals surface area contributed by atoms with Crippen LogP contribution in [-0.2, 0) is 0 Å². The van der Waals surface area contributed by atoms with Gasteiger partial charge in [-0.2, -0.15) is 5.10 Å². The molecule has 2 rings (SSSR count). The number of anilines is 1. The van der Waals surface area contributed by atoms with E-state index in [9.17, 15) is 4.39 Å². The molecule has 0 aliphatic heterocycles. The third-order valence-corrected chi connectivity index (χ3v) is 2.26. The maximum atomic E-state index is 13.6. The Bertz CT molecular complexity index is 482. The second-order valence-electron chi connectivity index (χ2n) is 3.53. The van der Waals surface area contributed by atoms with Crippen molar-refractivity contribution in [1.29, 1.82) is 0 Å². The van der Waals surface area contributed by atoms with Crippen molar-refractivity contribution in [3.63, 3.8) is 0 Å². The predicted molar refractivity (Wildman–Crippen MR) is 57.4 cm³/mol. The molecule has 0 bridgehead atoms. The number of hydrogen-bond acceptors (Lipinski definition) is 2. The van der Waals surface area contributed by atoms with Crippen LogP contribution in [0.4, 0.5) is 10.2 Å². The molecule has 3 nitrogen and oxygen atoms in total. The number of nitrogen functional groups attached to an aromatic ring is 1. The third kappa shape index (κ3) is 1.58. The molecule has 0 unspecified atom stereocenters. The van der Waals surface area contributed by atoms with Gasteiger partial charge < -0.3 is 5.73 Å². The molecular weight excluding hydrogens is 193 g/mol. The minimum Gasteiger partial charge on any atom is -0.384 e. The minimum absolute atomic E-state index is 0.315. The zero-order chi connectivity index (χ0) is 11.0. The van der Waals surface area contributed by atoms with Crippen molar-refractivity contribution in [2.45, 2.75) is 13.8 Å². The Kier molecular flexibility index (Phi) is 2.19. The van der Waals surface area contributed by atoms with E-state index in [4.69, 9.17) is 5.73 Å². The number of hydrogen-bond donors (Lipinski definition) is 1. The molecule has 0 saturated heterocycles. The molecule has 0 aliphatic rings. The molecule has 0 saturated carbocycles. The molecule has 78 valence electrons. The Morgan fingerprint density at radius 1 is 1.33 bits per heavy atom. The van der Waals surface area contributed by atoms with Crippen LogP contribution in [0.3, 0.4) is 0 Å². The second kappa shape index (κ2) is 3.38. The number of nitrogens with zero attached hydrogens (tertiary/aromatic N) is 2. The summed E-state index contributed by atoms with van der Waals surface area (Å²) in [5.41, 5.74) is 7.75. The largest absolute Gasteiger partial charge is 0.384 e. The summed E-state index contributed by atoms with van der Waals surface area (Å²) in [6.45, 7) is 3.65. The standard InChI is InChI=1S/C11H12FN3/c1-7-4-3-5-9(12)11(7)15-10(13)6-8(2)14-15/h3-6H,13H2,1-2H3. The minimum atomic E-state index is -0.315. The highest BCUT2D eigenvalue weighted by Gasteiger charge is 2.11. The lowest BCUT2D eigenvalue weighted by Gasteiger charge is -2.08. The normalized spacial score (nSPS) is 10.6. The fourth-order valence-corrected chi connectivity index (χ4v) is 1.59. The van der Waals surface area contributed by atoms with Crippen LogP contribution in [0.5, 0.6) is 0 Å². The van der Waals surface area contributed by atoms with Crippen molar-refractivity contribution in [3.8, 4) is 5.69 Å². The number of aryl methyl sites for hydroxylation is 2. The highest BCUT2D eigenvalue weighted by molar-refractivity contribution is 5.47. The molecule has 0 fully saturated rings. The van der Waals surface area contributed by atoms with Crippen LogP contribution in [0.15, 0.2) is 24.3 Å². The Morgan fingerprint density at radius 2 is 2.07 bits per heavy atom. The van der Waals surface area contributed by atoms with Gasteiger partial charge in [0, 0.05) is 6.07 Å². The number of para-hydroxylation sites is 1. The first-order valence-electron chi connectivity index (χ1n) is 4.67. The average Bonchev–Trinajstić information content (AvgIpc) is 2.45. The zero-order valence-corrected chi connectivity index (χ0v) is 8.66. The topological polar surface area (TPSA) is 43.8 Å². The van der Waals surface area contributed by atoms with Crippen molar-refractivity contribution in [2.75, 3.05) is 5.73 Å². The van der Waals surface area contributed by atoms with E-state index in [0.29, 0.717) is 11.5 Å². The van der Waals surface area contributed by atoms with Crippen LogP contribution in [0.25, 0.3) is 5.69 Å². The molecule has 15 heavy (non-hydrogen) atoms. The predicted octanol–water partition coefficient (Wildman–Crippen LogP) is 2.21. The third-order valence-electron chi connectivity index (χ3n) is 2.26. The van der Waals surface area contributed by atoms with Crippen LogP contribution in [0.1, 0.15) is 11.3 Å². The number of halogens is 1. The van der Waals surface area contributed by atoms with E-state index in [2.05, 4.69) is 5.10 Å². The van der Waals surface area contributed by atoms with E-state index < -0.39 is 0 Å². The van der Waals surface area contributed by atoms with Crippen molar-refractivity contribution in [1.82, 2.24) is 9.78 Å². The van der Waals surface area contributed by atoms with Crippen LogP contribution in [0, 0.1) is 19.7 Å². The summed E-state index contributed by atoms with van der Waals surface area (Å²) < 4.78 is 15.0. The summed E-state index contributed by atoms with van der Waals surface area (Å²) >= 11 is 0. The molecule has 0 amide bonds. The average molecular weight is 205 g/mol. The van der Waals surface area contributed by atoms with Gasteiger partial charge in [0.2, 0.25) is 0 Å². The highest BCUT2D eigenvalue weighted by Crippen LogP contribution is 2.20. The molecule has 0 atom stereocenters. The first-order valence-corrected chi connectivity index (χ1v) is 4.67. The quantitative estimate of drug-likeness (QED) is 0.775. The van der Waals surface area contributed by atoms with Gasteiger partial charge in [-0.05, 0) is 25.5 Å². The first kappa shape index (κ1) is 9.71. The smallest absolute Gasteiger partial charge is 0.149 e. The van der Waals surface area contributed by atoms with Gasteiger partial charge in [0.25, 0.3) is 0 Å². The van der Waals surface area contributed by atoms with Crippen LogP contribution in [0.2, 0.25) is 0 Å². The molecule has 4 heteroatoms. The van der Waals surface area contributed by atoms with E-state index >= 15 is 0 Å². The monoisotopic (exact) mass is 205 g/mol. The van der Waals surface area contributed by atoms with Gasteiger partial charge in [-0.15, -0.1) is 0 Å². The van der Waals surface area contributed by atoms with E-state index in [-0.39, 0.29) is 5.82 Å². The summed E-state index contributed by atoms with van der Waals surface area (Å²) in [7, 11) is 0. The van der Waals surface area contributed by atoms with Crippen molar-refractivity contribution in [2.24, 2.45) is 0 Å². The number of aromatic nitrogens is 2. The van der Waals surface area contributed by atoms with Gasteiger partial charge in [-0.25, -0.2) is 9.07 Å². The Balaban J connectivity index is 2.68. The maximum absolute atomic E-state index is 13.6. The van der Waals surface area contributed by atoms with Crippen molar-refractivity contribution < 1.29 is 4.39 Å². The van der Waals surface area contributed by atoms with Gasteiger partial charge in [-0.3, -0.25) is 0 Å². The molecule has 2 N–H and O–H groups in total. The van der Waals surface area contributed by atoms with Gasteiger partial charge in [-0.1, -0.05) is 12.1 Å². The van der Waals surface area contributed by atoms with Gasteiger partial charge in [0.15, 0.2) is 0 Å². The second-order valence-corrected chi connectivity index (χ2v) is 3.53. The molecule has 0 radical (unpaired) electrons. The lowest BCUT2D eigenvalue weighted by atomic mass is 10.2. The maximum Gasteiger partial charge on any atom is 0.149 e. The summed E-state index contributed by atoms with van der Waals surface area (Å²) in [6, 6.07) is 6.61. The number of nitrogens with two attached hydrogens (primary N) is 1. The van der Waals surface area contributed by atoms with E-state index in [1.54, 1.807) is 12.1 Å². The van der Waals surface area contributed by atoms with Gasteiger partial charge >= 0.3 is 0 Å². The molecule has 1 heterocycles. The lowest BCUT2D eigenvalue weighted by Crippen LogP contribution is -2.06. The van der Waals surface area contributed by atoms with Crippen molar-refractivity contribution in [3.05, 3.63) is 41.3 Å². The Labute approximate surface area is 87.3 Å². The zero-order valence-electron chi connectivity index (χ0n) is 8.66. The van der Waals surface area contributed by atoms with Crippen molar-refractivity contribution >= 4 is 5.82 Å². The summed E-state index contributed by atoms with van der Waals surface area (Å²) in [4.78, 5) is 0. The fourth-order valence-electron chi connectivity index (χ4n) is 1.59. The SMILES string of the molecule is Cc1cc(N)n(-c2c(C)cccc2F)n1. The number of benzene rings is 1. The van der Waals surface area contributed by atoms with E-state index in [1.165, 1.54) is 10.7 Å². The Hall–Kier alpha value is -1.84. The van der Waals surface area contributed by atoms with Gasteiger partial charge in [0.1, 0.15) is 17.3 Å². The summed E-state index contributed by atoms with van der Waals surface area (Å²) in [5.74, 6) is 0.130. The summed E-state index contributed by atoms with van der Waals surface area (Å²) in [5, 5.41) is 4.15. The summed E-state index contributed by atoms with van der Waals surface area (Å²) in [6.07, 6.45) is 0. The molecule has 0 aliphatic carbocycles. The van der Waals surface area contributed by atoms with Crippen LogP contribution in [-0.4, -0.2) is 9.78 Å². The molecular formula is C11H12FN3. The fraction of sp³-hybridized carbons (Fsp3) is 0.182. The van der Waals surface area contributed by atoms with E-state index in [1.807, 2.05) is 19.9 Å². The molecule has 0 spiro atoms. The molecule has 2 aromatic rings. The van der Waals surface area contributed by atoms with Gasteiger partial charge in [0.05, 0.1) is 5.69 Å². The van der Waals surface area contributed by atoms with E-state index in [0.717, 1.165) is 11.3 Å². The molecule has 1 aromatic carbocycles. The lowest BCUT2D eigenvalue weighted by molar-refractivity contribution is 0.609. The van der Waals surface area contributed by atoms with Crippen LogP contribution >= 0.6 is 0 Å². The molecule has 1 aromatic heterocycles. The Morgan fingerprint density at radius 3 is 2.60 bits per heavy atom. The first-order chi connectivity index (χ1) is 7.09. The number of rotatable bonds is 1. The highest BCUT2D eigenvalue weighted by atomic mass is 19.1.